The Balaban J connectivity index is 1.89. The van der Waals surface area contributed by atoms with Crippen molar-refractivity contribution >= 4 is 0 Å². The Labute approximate surface area is 123 Å². The fraction of sp³-hybridized carbons (Fsp3) is 0.438. The molecule has 5 heteroatoms. The molecule has 4 nitrogen and oxygen atoms in total. The molecular weight excluding hydrogens is 267 g/mol. The molecule has 3 rings (SSSR count). The van der Waals surface area contributed by atoms with Gasteiger partial charge in [-0.3, -0.25) is 0 Å². The summed E-state index contributed by atoms with van der Waals surface area (Å²) in [5, 5.41) is 17.4. The van der Waals surface area contributed by atoms with Gasteiger partial charge < -0.3 is 0 Å². The molecule has 1 fully saturated rings. The molecule has 1 saturated carbocycles. The molecule has 0 unspecified atom stereocenters. The maximum Gasteiger partial charge on any atom is 0.186 e. The first-order chi connectivity index (χ1) is 10.3. The molecule has 0 saturated heterocycles. The summed E-state index contributed by atoms with van der Waals surface area (Å²) in [6.45, 7) is 0.529. The SMILES string of the molecule is N#Cc1nnn(Cc2ccc(F)cc2)c1C1CCCCC1. The zero-order chi connectivity index (χ0) is 14.7. The Kier molecular flexibility index (Phi) is 3.96. The van der Waals surface area contributed by atoms with Crippen LogP contribution < -0.4 is 0 Å². The standard InChI is InChI=1S/C16H17FN4/c17-14-8-6-12(7-9-14)11-21-16(15(10-18)19-20-21)13-4-2-1-3-5-13/h6-9,13H,1-5,11H2. The summed E-state index contributed by atoms with van der Waals surface area (Å²) in [4.78, 5) is 0. The molecule has 0 N–H and O–H groups in total. The van der Waals surface area contributed by atoms with Crippen LogP contribution >= 0.6 is 0 Å². The van der Waals surface area contributed by atoms with Crippen LogP contribution in [-0.4, -0.2) is 15.0 Å². The highest BCUT2D eigenvalue weighted by atomic mass is 19.1. The molecule has 1 heterocycles. The summed E-state index contributed by atoms with van der Waals surface area (Å²) >= 11 is 0. The number of nitriles is 1. The van der Waals surface area contributed by atoms with Crippen LogP contribution in [0.1, 0.15) is 55.0 Å². The van der Waals surface area contributed by atoms with E-state index in [9.17, 15) is 9.65 Å². The summed E-state index contributed by atoms with van der Waals surface area (Å²) in [6.07, 6.45) is 5.82. The van der Waals surface area contributed by atoms with Crippen molar-refractivity contribution in [3.8, 4) is 6.07 Å². The first-order valence-corrected chi connectivity index (χ1v) is 7.36. The third-order valence-corrected chi connectivity index (χ3v) is 4.12. The Hall–Kier alpha value is -2.22. The molecule has 2 aromatic rings. The Morgan fingerprint density at radius 2 is 1.90 bits per heavy atom. The first kappa shape index (κ1) is 13.7. The zero-order valence-corrected chi connectivity index (χ0v) is 11.8. The lowest BCUT2D eigenvalue weighted by Crippen LogP contribution is -2.14. The first-order valence-electron chi connectivity index (χ1n) is 7.36. The molecule has 21 heavy (non-hydrogen) atoms. The number of nitrogens with zero attached hydrogens (tertiary/aromatic N) is 4. The van der Waals surface area contributed by atoms with E-state index in [4.69, 9.17) is 0 Å². The topological polar surface area (TPSA) is 54.5 Å². The van der Waals surface area contributed by atoms with Crippen molar-refractivity contribution < 1.29 is 4.39 Å². The fourth-order valence-electron chi connectivity index (χ4n) is 3.06. The third-order valence-electron chi connectivity index (χ3n) is 4.12. The lowest BCUT2D eigenvalue weighted by Gasteiger charge is -2.22. The van der Waals surface area contributed by atoms with Crippen LogP contribution in [0.5, 0.6) is 0 Å². The summed E-state index contributed by atoms with van der Waals surface area (Å²) < 4.78 is 14.8. The minimum absolute atomic E-state index is 0.248. The van der Waals surface area contributed by atoms with E-state index in [1.165, 1.54) is 31.4 Å². The highest BCUT2D eigenvalue weighted by Gasteiger charge is 2.24. The normalized spacial score (nSPS) is 15.8. The second-order valence-corrected chi connectivity index (χ2v) is 5.55. The van der Waals surface area contributed by atoms with E-state index in [1.54, 1.807) is 12.1 Å². The predicted molar refractivity (Wildman–Crippen MR) is 76.1 cm³/mol. The van der Waals surface area contributed by atoms with Gasteiger partial charge in [0.1, 0.15) is 11.9 Å². The van der Waals surface area contributed by atoms with Crippen molar-refractivity contribution in [2.45, 2.75) is 44.6 Å². The van der Waals surface area contributed by atoms with Crippen molar-refractivity contribution in [3.05, 3.63) is 47.0 Å². The average molecular weight is 284 g/mol. The van der Waals surface area contributed by atoms with Gasteiger partial charge in [-0.25, -0.2) is 9.07 Å². The second-order valence-electron chi connectivity index (χ2n) is 5.55. The number of benzene rings is 1. The van der Waals surface area contributed by atoms with Gasteiger partial charge in [-0.15, -0.1) is 5.10 Å². The fourth-order valence-corrected chi connectivity index (χ4v) is 3.06. The van der Waals surface area contributed by atoms with E-state index in [0.717, 1.165) is 24.1 Å². The van der Waals surface area contributed by atoms with Gasteiger partial charge in [0, 0.05) is 5.92 Å². The smallest absolute Gasteiger partial charge is 0.186 e. The third kappa shape index (κ3) is 2.94. The van der Waals surface area contributed by atoms with Crippen LogP contribution in [0.3, 0.4) is 0 Å². The Morgan fingerprint density at radius 1 is 1.19 bits per heavy atom. The summed E-state index contributed by atoms with van der Waals surface area (Å²) in [7, 11) is 0. The summed E-state index contributed by atoms with van der Waals surface area (Å²) in [5.41, 5.74) is 2.34. The maximum atomic E-state index is 13.0. The average Bonchev–Trinajstić information content (AvgIpc) is 2.93. The zero-order valence-electron chi connectivity index (χ0n) is 11.8. The van der Waals surface area contributed by atoms with E-state index in [-0.39, 0.29) is 5.82 Å². The van der Waals surface area contributed by atoms with Gasteiger partial charge in [0.25, 0.3) is 0 Å². The van der Waals surface area contributed by atoms with Crippen molar-refractivity contribution in [1.82, 2.24) is 15.0 Å². The molecule has 0 atom stereocenters. The highest BCUT2D eigenvalue weighted by molar-refractivity contribution is 5.29. The highest BCUT2D eigenvalue weighted by Crippen LogP contribution is 2.33. The van der Waals surface area contributed by atoms with Gasteiger partial charge in [0.2, 0.25) is 0 Å². The number of aromatic nitrogens is 3. The van der Waals surface area contributed by atoms with Crippen LogP contribution in [0.15, 0.2) is 24.3 Å². The van der Waals surface area contributed by atoms with Gasteiger partial charge in [0.15, 0.2) is 5.69 Å². The van der Waals surface area contributed by atoms with Crippen LogP contribution in [0.4, 0.5) is 4.39 Å². The summed E-state index contributed by atoms with van der Waals surface area (Å²) in [5.74, 6) is 0.117. The van der Waals surface area contributed by atoms with Gasteiger partial charge in [-0.1, -0.05) is 36.6 Å². The summed E-state index contributed by atoms with van der Waals surface area (Å²) in [6, 6.07) is 8.53. The molecular formula is C16H17FN4. The molecule has 1 aromatic carbocycles. The van der Waals surface area contributed by atoms with Crippen LogP contribution in [0, 0.1) is 17.1 Å². The molecule has 0 radical (unpaired) electrons. The molecule has 108 valence electrons. The van der Waals surface area contributed by atoms with E-state index < -0.39 is 0 Å². The minimum atomic E-state index is -0.248. The number of hydrogen-bond donors (Lipinski definition) is 0. The number of halogens is 1. The predicted octanol–water partition coefficient (Wildman–Crippen LogP) is 3.38. The van der Waals surface area contributed by atoms with Crippen LogP contribution in [-0.2, 0) is 6.54 Å². The largest absolute Gasteiger partial charge is 0.243 e. The minimum Gasteiger partial charge on any atom is -0.243 e. The van der Waals surface area contributed by atoms with Crippen LogP contribution in [0.2, 0.25) is 0 Å². The van der Waals surface area contributed by atoms with Crippen molar-refractivity contribution in [3.63, 3.8) is 0 Å². The van der Waals surface area contributed by atoms with E-state index in [2.05, 4.69) is 16.4 Å². The lowest BCUT2D eigenvalue weighted by molar-refractivity contribution is 0.418. The van der Waals surface area contributed by atoms with Crippen molar-refractivity contribution in [2.24, 2.45) is 0 Å². The van der Waals surface area contributed by atoms with Gasteiger partial charge in [-0.2, -0.15) is 5.26 Å². The second kappa shape index (κ2) is 6.04. The molecule has 0 aliphatic heterocycles. The van der Waals surface area contributed by atoms with Crippen molar-refractivity contribution in [2.75, 3.05) is 0 Å². The molecule has 0 amide bonds. The van der Waals surface area contributed by atoms with E-state index in [1.807, 2.05) is 4.68 Å². The van der Waals surface area contributed by atoms with Gasteiger partial charge in [0.05, 0.1) is 12.2 Å². The Bertz CT molecular complexity index is 648. The van der Waals surface area contributed by atoms with E-state index in [0.29, 0.717) is 18.2 Å². The molecule has 0 bridgehead atoms. The van der Waals surface area contributed by atoms with Crippen molar-refractivity contribution in [1.29, 1.82) is 5.26 Å². The van der Waals surface area contributed by atoms with E-state index >= 15 is 0 Å². The maximum absolute atomic E-state index is 13.0. The quantitative estimate of drug-likeness (QED) is 0.868. The Morgan fingerprint density at radius 3 is 2.57 bits per heavy atom. The molecule has 0 spiro atoms. The van der Waals surface area contributed by atoms with Gasteiger partial charge in [-0.05, 0) is 30.5 Å². The molecule has 1 aliphatic carbocycles. The lowest BCUT2D eigenvalue weighted by atomic mass is 9.86. The van der Waals surface area contributed by atoms with Gasteiger partial charge >= 0.3 is 0 Å². The van der Waals surface area contributed by atoms with Crippen LogP contribution in [0.25, 0.3) is 0 Å². The monoisotopic (exact) mass is 284 g/mol. The molecule has 1 aromatic heterocycles. The number of rotatable bonds is 3. The number of hydrogen-bond acceptors (Lipinski definition) is 3. The molecule has 1 aliphatic rings.